The van der Waals surface area contributed by atoms with E-state index in [1.807, 2.05) is 6.92 Å². The van der Waals surface area contributed by atoms with Crippen LogP contribution in [0.3, 0.4) is 0 Å². The second-order valence-electron chi connectivity index (χ2n) is 5.96. The van der Waals surface area contributed by atoms with Gasteiger partial charge in [-0.2, -0.15) is 0 Å². The average molecular weight is 311 g/mol. The number of sulfonamides is 1. The van der Waals surface area contributed by atoms with Crippen LogP contribution in [0.15, 0.2) is 23.1 Å². The van der Waals surface area contributed by atoms with Crippen LogP contribution in [0.1, 0.15) is 44.2 Å². The predicted octanol–water partition coefficient (Wildman–Crippen LogP) is 2.46. The summed E-state index contributed by atoms with van der Waals surface area (Å²) in [6.07, 6.45) is 4.25. The fraction of sp³-hybridized carbons (Fsp3) is 0.625. The van der Waals surface area contributed by atoms with Gasteiger partial charge < -0.3 is 5.11 Å². The molecular weight excluding hydrogens is 286 g/mol. The first-order valence-electron chi connectivity index (χ1n) is 7.70. The first-order chi connectivity index (χ1) is 9.97. The number of aryl methyl sites for hydroxylation is 1. The quantitative estimate of drug-likeness (QED) is 0.848. The Morgan fingerprint density at radius 1 is 1.29 bits per heavy atom. The summed E-state index contributed by atoms with van der Waals surface area (Å²) in [6, 6.07) is 5.00. The Morgan fingerprint density at radius 3 is 2.62 bits per heavy atom. The monoisotopic (exact) mass is 311 g/mol. The highest BCUT2D eigenvalue weighted by molar-refractivity contribution is 7.89. The van der Waals surface area contributed by atoms with E-state index in [1.54, 1.807) is 18.2 Å². The average Bonchev–Trinajstić information content (AvgIpc) is 2.89. The summed E-state index contributed by atoms with van der Waals surface area (Å²) in [7, 11) is -3.49. The molecule has 4 nitrogen and oxygen atoms in total. The Hall–Kier alpha value is -0.910. The topological polar surface area (TPSA) is 66.4 Å². The number of aliphatic hydroxyl groups excluding tert-OH is 1. The molecular formula is C16H25NO3S. The summed E-state index contributed by atoms with van der Waals surface area (Å²) in [5, 5.41) is 9.36. The largest absolute Gasteiger partial charge is 0.392 e. The molecule has 1 aliphatic rings. The molecule has 0 heterocycles. The Kier molecular flexibility index (Phi) is 5.41. The van der Waals surface area contributed by atoms with Crippen molar-refractivity contribution >= 4 is 10.0 Å². The van der Waals surface area contributed by atoms with Crippen LogP contribution >= 0.6 is 0 Å². The lowest BCUT2D eigenvalue weighted by Gasteiger charge is -2.16. The molecule has 2 rings (SSSR count). The minimum absolute atomic E-state index is 0.133. The highest BCUT2D eigenvalue weighted by Gasteiger charge is 2.25. The van der Waals surface area contributed by atoms with E-state index in [-0.39, 0.29) is 11.5 Å². The number of hydrogen-bond donors (Lipinski definition) is 2. The number of rotatable bonds is 6. The van der Waals surface area contributed by atoms with Crippen molar-refractivity contribution in [2.75, 3.05) is 6.54 Å². The molecule has 2 unspecified atom stereocenters. The molecule has 2 atom stereocenters. The Balaban J connectivity index is 2.11. The maximum Gasteiger partial charge on any atom is 0.240 e. The van der Waals surface area contributed by atoms with Gasteiger partial charge in [0.2, 0.25) is 10.0 Å². The first kappa shape index (κ1) is 16.5. The fourth-order valence-electron chi connectivity index (χ4n) is 3.09. The van der Waals surface area contributed by atoms with Gasteiger partial charge in [-0.25, -0.2) is 13.1 Å². The van der Waals surface area contributed by atoms with Crippen molar-refractivity contribution in [3.8, 4) is 0 Å². The number of benzene rings is 1. The molecule has 1 aromatic rings. The molecule has 1 aliphatic carbocycles. The number of hydrogen-bond acceptors (Lipinski definition) is 3. The van der Waals surface area contributed by atoms with Gasteiger partial charge in [0.05, 0.1) is 11.5 Å². The van der Waals surface area contributed by atoms with Gasteiger partial charge in [-0.1, -0.05) is 32.8 Å². The van der Waals surface area contributed by atoms with E-state index in [2.05, 4.69) is 11.6 Å². The van der Waals surface area contributed by atoms with Crippen molar-refractivity contribution < 1.29 is 13.5 Å². The molecule has 2 N–H and O–H groups in total. The molecule has 0 amide bonds. The Morgan fingerprint density at radius 2 is 2.05 bits per heavy atom. The standard InChI is InChI=1S/C16H25NO3S/c1-3-13-7-8-16(9-15(13)11-18)21(19,20)17-10-14-6-4-5-12(14)2/h7-9,12,14,17-18H,3-6,10-11H2,1-2H3. The highest BCUT2D eigenvalue weighted by atomic mass is 32.2. The van der Waals surface area contributed by atoms with Crippen LogP contribution in [0.5, 0.6) is 0 Å². The van der Waals surface area contributed by atoms with E-state index in [9.17, 15) is 13.5 Å². The van der Waals surface area contributed by atoms with E-state index in [0.717, 1.165) is 18.4 Å². The summed E-state index contributed by atoms with van der Waals surface area (Å²) in [4.78, 5) is 0.245. The lowest BCUT2D eigenvalue weighted by Crippen LogP contribution is -2.30. The van der Waals surface area contributed by atoms with Crippen LogP contribution in [-0.4, -0.2) is 20.1 Å². The van der Waals surface area contributed by atoms with Crippen LogP contribution in [-0.2, 0) is 23.1 Å². The highest BCUT2D eigenvalue weighted by Crippen LogP contribution is 2.30. The van der Waals surface area contributed by atoms with Crippen molar-refractivity contribution in [2.45, 2.75) is 51.0 Å². The first-order valence-corrected chi connectivity index (χ1v) is 9.18. The van der Waals surface area contributed by atoms with E-state index >= 15 is 0 Å². The SMILES string of the molecule is CCc1ccc(S(=O)(=O)NCC2CCCC2C)cc1CO. The van der Waals surface area contributed by atoms with E-state index in [4.69, 9.17) is 0 Å². The molecule has 5 heteroatoms. The van der Waals surface area contributed by atoms with Crippen molar-refractivity contribution in [1.29, 1.82) is 0 Å². The van der Waals surface area contributed by atoms with Gasteiger partial charge in [0.15, 0.2) is 0 Å². The molecule has 0 aromatic heterocycles. The smallest absolute Gasteiger partial charge is 0.240 e. The van der Waals surface area contributed by atoms with Gasteiger partial charge in [-0.3, -0.25) is 0 Å². The molecule has 1 aromatic carbocycles. The Bertz CT molecular complexity index is 583. The van der Waals surface area contributed by atoms with Crippen molar-refractivity contribution in [1.82, 2.24) is 4.72 Å². The van der Waals surface area contributed by atoms with Gasteiger partial charge in [-0.05, 0) is 47.9 Å². The van der Waals surface area contributed by atoms with E-state index < -0.39 is 10.0 Å². The minimum Gasteiger partial charge on any atom is -0.392 e. The van der Waals surface area contributed by atoms with Crippen molar-refractivity contribution in [3.05, 3.63) is 29.3 Å². The molecule has 21 heavy (non-hydrogen) atoms. The summed E-state index contributed by atoms with van der Waals surface area (Å²) in [6.45, 7) is 4.55. The molecule has 0 bridgehead atoms. The van der Waals surface area contributed by atoms with Crippen molar-refractivity contribution in [2.24, 2.45) is 11.8 Å². The zero-order valence-electron chi connectivity index (χ0n) is 12.8. The van der Waals surface area contributed by atoms with E-state index in [0.29, 0.717) is 23.9 Å². The summed E-state index contributed by atoms with van der Waals surface area (Å²) in [5.41, 5.74) is 1.68. The van der Waals surface area contributed by atoms with Crippen LogP contribution in [0, 0.1) is 11.8 Å². The zero-order valence-corrected chi connectivity index (χ0v) is 13.6. The lowest BCUT2D eigenvalue weighted by atomic mass is 9.99. The third-order valence-electron chi connectivity index (χ3n) is 4.61. The third kappa shape index (κ3) is 3.84. The van der Waals surface area contributed by atoms with Gasteiger partial charge in [-0.15, -0.1) is 0 Å². The molecule has 0 radical (unpaired) electrons. The van der Waals surface area contributed by atoms with Gasteiger partial charge in [0.1, 0.15) is 0 Å². The Labute approximate surface area is 127 Å². The van der Waals surface area contributed by atoms with E-state index in [1.165, 1.54) is 12.8 Å². The normalized spacial score (nSPS) is 22.6. The number of nitrogens with one attached hydrogen (secondary N) is 1. The summed E-state index contributed by atoms with van der Waals surface area (Å²) in [5.74, 6) is 1.02. The fourth-order valence-corrected chi connectivity index (χ4v) is 4.23. The van der Waals surface area contributed by atoms with Crippen LogP contribution < -0.4 is 4.72 Å². The van der Waals surface area contributed by atoms with Gasteiger partial charge in [0, 0.05) is 6.54 Å². The van der Waals surface area contributed by atoms with Gasteiger partial charge in [0.25, 0.3) is 0 Å². The molecule has 1 saturated carbocycles. The second-order valence-corrected chi connectivity index (χ2v) is 7.73. The lowest BCUT2D eigenvalue weighted by molar-refractivity contribution is 0.280. The summed E-state index contributed by atoms with van der Waals surface area (Å²) >= 11 is 0. The molecule has 118 valence electrons. The maximum atomic E-state index is 12.4. The zero-order chi connectivity index (χ0) is 15.5. The molecule has 1 fully saturated rings. The van der Waals surface area contributed by atoms with Crippen molar-refractivity contribution in [3.63, 3.8) is 0 Å². The maximum absolute atomic E-state index is 12.4. The number of aliphatic hydroxyl groups is 1. The minimum atomic E-state index is -3.49. The van der Waals surface area contributed by atoms with Crippen LogP contribution in [0.2, 0.25) is 0 Å². The van der Waals surface area contributed by atoms with Crippen LogP contribution in [0.25, 0.3) is 0 Å². The van der Waals surface area contributed by atoms with Gasteiger partial charge >= 0.3 is 0 Å². The third-order valence-corrected chi connectivity index (χ3v) is 6.04. The predicted molar refractivity (Wildman–Crippen MR) is 83.4 cm³/mol. The van der Waals surface area contributed by atoms with Crippen LogP contribution in [0.4, 0.5) is 0 Å². The second kappa shape index (κ2) is 6.90. The summed E-state index contributed by atoms with van der Waals surface area (Å²) < 4.78 is 27.5. The molecule has 0 spiro atoms. The molecule has 0 saturated heterocycles. The molecule has 0 aliphatic heterocycles.